The number of nitrogens with two attached hydrogens (primary N) is 2. The Morgan fingerprint density at radius 1 is 1.20 bits per heavy atom. The van der Waals surface area contributed by atoms with Crippen molar-refractivity contribution in [3.05, 3.63) is 49.2 Å². The van der Waals surface area contributed by atoms with Crippen LogP contribution in [0.5, 0.6) is 5.75 Å². The largest absolute Gasteiger partial charge is 0.540 e. The second-order valence-electron chi connectivity index (χ2n) is 11.2. The van der Waals surface area contributed by atoms with Crippen molar-refractivity contribution in [2.75, 3.05) is 13.1 Å². The Morgan fingerprint density at radius 3 is 2.28 bits per heavy atom. The summed E-state index contributed by atoms with van der Waals surface area (Å²) in [7, 11) is 0. The van der Waals surface area contributed by atoms with E-state index in [1.807, 2.05) is 20.1 Å². The first kappa shape index (κ1) is 50.4. The molecule has 7 N–H and O–H groups in total. The zero-order chi connectivity index (χ0) is 35.2. The Morgan fingerprint density at radius 2 is 1.80 bits per heavy atom. The summed E-state index contributed by atoms with van der Waals surface area (Å²) in [5.41, 5.74) is 11.3. The minimum Gasteiger partial charge on any atom is -0.540 e. The molecular weight excluding hydrogens is 621 g/mol. The summed E-state index contributed by atoms with van der Waals surface area (Å²) in [4.78, 5) is 32.0. The summed E-state index contributed by atoms with van der Waals surface area (Å²) >= 11 is 0. The van der Waals surface area contributed by atoms with Crippen LogP contribution in [0, 0.1) is 23.7 Å². The standard InChI is InChI=1S/C17H25N3O.C10H17N2O2.C4H10.C2H6.C2H4.H2O2.V.H2/c1-13(14-7-3-4-8-14)6-2-5-9-15-16(21)12-19-17(20-15)10-11-18;1-2-3-8-4-5-12(9(8)7-13)10(14)6-11;1-4(2)3;3*1-2;;/h3,7,10-14,21H,2,4-6,8-9,18H2,1H3;8-9H,2-6,11H2,1H3;4H,1-3H3;1-2H3;1-2H2;1-2H;;1H/q;-1;;;;;;/b11-10-;;;;;;;/t13-,14-;8-,9-;;;;;;/m01....../s1. The molecule has 0 saturated carbocycles. The van der Waals surface area contributed by atoms with Gasteiger partial charge in [-0.05, 0) is 68.1 Å². The van der Waals surface area contributed by atoms with Gasteiger partial charge in [0.25, 0.3) is 0 Å². The van der Waals surface area contributed by atoms with Crippen molar-refractivity contribution in [3.63, 3.8) is 0 Å². The third kappa shape index (κ3) is 22.1. The van der Waals surface area contributed by atoms with Crippen LogP contribution in [0.4, 0.5) is 0 Å². The van der Waals surface area contributed by atoms with Crippen LogP contribution in [0.3, 0.4) is 0 Å². The molecule has 1 aliphatic heterocycles. The molecule has 1 aromatic rings. The van der Waals surface area contributed by atoms with Crippen LogP contribution in [-0.2, 0) is 34.6 Å². The van der Waals surface area contributed by atoms with Crippen LogP contribution in [0.15, 0.2) is 37.7 Å². The number of amides is 1. The molecule has 1 saturated heterocycles. The molecule has 1 amide bonds. The number of nitrogens with zero attached hydrogens (tertiary/aromatic N) is 3. The molecule has 2 aliphatic rings. The Labute approximate surface area is 293 Å². The summed E-state index contributed by atoms with van der Waals surface area (Å²) in [5, 5.41) is 21.8. The Balaban J connectivity index is -0.000000197. The van der Waals surface area contributed by atoms with Gasteiger partial charge in [-0.3, -0.25) is 15.3 Å². The number of hydrogen-bond acceptors (Lipinski definition) is 9. The van der Waals surface area contributed by atoms with Gasteiger partial charge in [-0.1, -0.05) is 92.3 Å². The predicted octanol–water partition coefficient (Wildman–Crippen LogP) is 7.25. The van der Waals surface area contributed by atoms with Crippen molar-refractivity contribution < 1.29 is 45.2 Å². The minimum atomic E-state index is -0.356. The minimum absolute atomic E-state index is 0. The molecule has 1 fully saturated rings. The molecule has 0 aromatic carbocycles. The van der Waals surface area contributed by atoms with Gasteiger partial charge in [-0.15, -0.1) is 13.2 Å². The normalized spacial score (nSPS) is 18.1. The van der Waals surface area contributed by atoms with Crippen molar-refractivity contribution in [2.45, 2.75) is 112 Å². The molecule has 11 heteroatoms. The number of likely N-dealkylation sites (tertiary alicyclic amines) is 1. The fourth-order valence-electron chi connectivity index (χ4n) is 4.97. The second kappa shape index (κ2) is 33.9. The van der Waals surface area contributed by atoms with Crippen molar-refractivity contribution >= 4 is 18.3 Å². The molecular formula is C35H66N5O5V-. The fraction of sp³-hybridized carbons (Fsp3) is 0.657. The van der Waals surface area contributed by atoms with E-state index in [2.05, 4.69) is 69.9 Å². The fourth-order valence-corrected chi connectivity index (χ4v) is 4.97. The van der Waals surface area contributed by atoms with E-state index in [1.165, 1.54) is 31.7 Å². The molecule has 3 rings (SSSR count). The van der Waals surface area contributed by atoms with Crippen LogP contribution in [0.1, 0.15) is 113 Å². The molecule has 0 spiro atoms. The van der Waals surface area contributed by atoms with Crippen molar-refractivity contribution in [1.82, 2.24) is 14.9 Å². The summed E-state index contributed by atoms with van der Waals surface area (Å²) in [6.45, 7) is 21.6. The molecule has 267 valence electrons. The van der Waals surface area contributed by atoms with Crippen molar-refractivity contribution in [1.29, 1.82) is 0 Å². The number of allylic oxidation sites excluding steroid dienone is 2. The first-order valence-corrected chi connectivity index (χ1v) is 16.3. The van der Waals surface area contributed by atoms with Crippen molar-refractivity contribution in [3.8, 4) is 5.75 Å². The van der Waals surface area contributed by atoms with E-state index < -0.39 is 0 Å². The van der Waals surface area contributed by atoms with Gasteiger partial charge in [0.1, 0.15) is 0 Å². The van der Waals surface area contributed by atoms with E-state index in [-0.39, 0.29) is 50.1 Å². The van der Waals surface area contributed by atoms with E-state index >= 15 is 0 Å². The Kier molecular flexibility index (Phi) is 37.1. The molecule has 1 aliphatic carbocycles. The molecule has 46 heavy (non-hydrogen) atoms. The summed E-state index contributed by atoms with van der Waals surface area (Å²) in [6, 6.07) is -0.356. The van der Waals surface area contributed by atoms with Crippen LogP contribution in [-0.4, -0.2) is 61.8 Å². The quantitative estimate of drug-likeness (QED) is 0.0527. The Bertz CT molecular complexity index is 937. The summed E-state index contributed by atoms with van der Waals surface area (Å²) in [6.07, 6.45) is 20.8. The molecule has 10 nitrogen and oxygen atoms in total. The molecule has 4 atom stereocenters. The number of unbranched alkanes of at least 4 members (excludes halogenated alkanes) is 1. The topological polar surface area (TPSA) is 176 Å². The number of rotatable bonds is 11. The number of aryl methyl sites for hydroxylation is 1. The maximum Gasteiger partial charge on any atom is 0.234 e. The average molecular weight is 688 g/mol. The Hall–Kier alpha value is -2.50. The van der Waals surface area contributed by atoms with Crippen molar-refractivity contribution in [2.24, 2.45) is 35.1 Å². The van der Waals surface area contributed by atoms with Crippen LogP contribution >= 0.6 is 0 Å². The first-order valence-electron chi connectivity index (χ1n) is 16.3. The predicted molar refractivity (Wildman–Crippen MR) is 189 cm³/mol. The maximum atomic E-state index is 11.4. The third-order valence-electron chi connectivity index (χ3n) is 7.01. The number of carbonyl (C=O) groups is 1. The average Bonchev–Trinajstić information content (AvgIpc) is 3.74. The second-order valence-corrected chi connectivity index (χ2v) is 11.2. The van der Waals surface area contributed by atoms with Gasteiger partial charge in [0.2, 0.25) is 5.91 Å². The van der Waals surface area contributed by atoms with E-state index in [0.717, 1.165) is 56.3 Å². The number of aromatic hydroxyl groups is 1. The summed E-state index contributed by atoms with van der Waals surface area (Å²) in [5.74, 6) is 3.22. The monoisotopic (exact) mass is 687 g/mol. The maximum absolute atomic E-state index is 11.4. The third-order valence-corrected chi connectivity index (χ3v) is 7.01. The number of aromatic nitrogens is 2. The molecule has 0 unspecified atom stereocenters. The van der Waals surface area contributed by atoms with Gasteiger partial charge >= 0.3 is 0 Å². The van der Waals surface area contributed by atoms with E-state index in [9.17, 15) is 14.7 Å². The van der Waals surface area contributed by atoms with Gasteiger partial charge in [0.05, 0.1) is 18.4 Å². The van der Waals surface area contributed by atoms with Crippen LogP contribution in [0.2, 0.25) is 0 Å². The molecule has 1 aromatic heterocycles. The van der Waals surface area contributed by atoms with Gasteiger partial charge < -0.3 is 26.3 Å². The molecule has 0 bridgehead atoms. The zero-order valence-electron chi connectivity index (χ0n) is 29.6. The van der Waals surface area contributed by atoms with E-state index in [1.54, 1.807) is 11.0 Å². The van der Waals surface area contributed by atoms with E-state index in [0.29, 0.717) is 18.1 Å². The van der Waals surface area contributed by atoms with E-state index in [4.69, 9.17) is 22.0 Å². The smallest absolute Gasteiger partial charge is 0.234 e. The first-order chi connectivity index (χ1) is 21.7. The number of hydrogen-bond donors (Lipinski definition) is 5. The number of carbonyl (C=O) groups excluding carboxylic acids is 2. The molecule has 1 radical (unpaired) electrons. The van der Waals surface area contributed by atoms with Gasteiger partial charge in [0, 0.05) is 26.5 Å². The van der Waals surface area contributed by atoms with Gasteiger partial charge in [-0.2, -0.15) is 0 Å². The van der Waals surface area contributed by atoms with Crippen LogP contribution < -0.4 is 11.5 Å². The zero-order valence-corrected chi connectivity index (χ0v) is 31.0. The van der Waals surface area contributed by atoms with Gasteiger partial charge in [0.15, 0.2) is 11.6 Å². The summed E-state index contributed by atoms with van der Waals surface area (Å²) < 4.78 is 0. The SMILES string of the molecule is C=C.CC.CC(C)C.CCC[C@@H]1CCN(C(=O)CN)[C@@H]1[C-]=O.C[C@@H](CCCCc1nc(/C=C\N)ncc1O)[C@H]1C=CCC1.OO.[HH].[V]. The molecule has 2 heterocycles. The van der Waals surface area contributed by atoms with Crippen LogP contribution in [0.25, 0.3) is 6.08 Å². The van der Waals surface area contributed by atoms with Gasteiger partial charge in [-0.25, -0.2) is 16.3 Å².